The number of fused-ring (bicyclic) bond motifs is 1. The fraction of sp³-hybridized carbons (Fsp3) is 0.0952. The van der Waals surface area contributed by atoms with Crippen molar-refractivity contribution in [1.82, 2.24) is 9.97 Å². The highest BCUT2D eigenvalue weighted by Gasteiger charge is 2.18. The van der Waals surface area contributed by atoms with Crippen molar-refractivity contribution in [3.8, 4) is 11.5 Å². The number of amides is 1. The molecule has 0 saturated carbocycles. The first-order chi connectivity index (χ1) is 14.0. The Morgan fingerprint density at radius 2 is 1.93 bits per heavy atom. The van der Waals surface area contributed by atoms with E-state index in [2.05, 4.69) is 15.3 Å². The summed E-state index contributed by atoms with van der Waals surface area (Å²) in [5.74, 6) is 0.355. The Kier molecular flexibility index (Phi) is 5.76. The van der Waals surface area contributed by atoms with Gasteiger partial charge in [-0.15, -0.1) is 11.8 Å². The zero-order chi connectivity index (χ0) is 20.4. The van der Waals surface area contributed by atoms with E-state index in [-0.39, 0.29) is 11.2 Å². The van der Waals surface area contributed by atoms with Gasteiger partial charge in [0, 0.05) is 28.5 Å². The summed E-state index contributed by atoms with van der Waals surface area (Å²) >= 11 is 13.6. The van der Waals surface area contributed by atoms with Crippen molar-refractivity contribution in [2.75, 3.05) is 5.32 Å². The number of hydrogen-bond acceptors (Lipinski definition) is 5. The molecule has 4 rings (SSSR count). The van der Waals surface area contributed by atoms with Crippen LogP contribution >= 0.6 is 35.0 Å². The molecule has 0 radical (unpaired) electrons. The number of pyridine rings is 1. The summed E-state index contributed by atoms with van der Waals surface area (Å²) in [5, 5.41) is 3.45. The molecular formula is C21H15Cl2N3O2S. The molecule has 0 unspecified atom stereocenters. The van der Waals surface area contributed by atoms with Gasteiger partial charge in [0.05, 0.1) is 15.3 Å². The fourth-order valence-electron chi connectivity index (χ4n) is 2.69. The Morgan fingerprint density at radius 1 is 1.14 bits per heavy atom. The van der Waals surface area contributed by atoms with Gasteiger partial charge in [0.1, 0.15) is 5.52 Å². The largest absolute Gasteiger partial charge is 0.436 e. The molecule has 0 spiro atoms. The second kappa shape index (κ2) is 8.45. The molecule has 4 aromatic rings. The van der Waals surface area contributed by atoms with Gasteiger partial charge in [-0.05, 0) is 49.4 Å². The van der Waals surface area contributed by atoms with Crippen LogP contribution in [0.1, 0.15) is 6.92 Å². The first-order valence-corrected chi connectivity index (χ1v) is 10.4. The van der Waals surface area contributed by atoms with Crippen LogP contribution in [0, 0.1) is 0 Å². The van der Waals surface area contributed by atoms with Gasteiger partial charge < -0.3 is 9.73 Å². The summed E-state index contributed by atoms with van der Waals surface area (Å²) in [5.41, 5.74) is 2.78. The van der Waals surface area contributed by atoms with Crippen LogP contribution in [0.15, 0.2) is 70.2 Å². The third kappa shape index (κ3) is 4.40. The molecule has 0 bridgehead atoms. The van der Waals surface area contributed by atoms with E-state index in [0.717, 1.165) is 10.5 Å². The van der Waals surface area contributed by atoms with E-state index in [9.17, 15) is 4.79 Å². The number of aromatic nitrogens is 2. The third-order valence-corrected chi connectivity index (χ3v) is 6.26. The molecule has 29 heavy (non-hydrogen) atoms. The molecule has 0 aliphatic heterocycles. The molecule has 1 N–H and O–H groups in total. The number of oxazole rings is 1. The molecule has 5 nitrogen and oxygen atoms in total. The van der Waals surface area contributed by atoms with Gasteiger partial charge in [-0.2, -0.15) is 0 Å². The lowest BCUT2D eigenvalue weighted by molar-refractivity contribution is -0.115. The first-order valence-electron chi connectivity index (χ1n) is 8.74. The lowest BCUT2D eigenvalue weighted by Crippen LogP contribution is -2.22. The summed E-state index contributed by atoms with van der Waals surface area (Å²) < 4.78 is 5.78. The average Bonchev–Trinajstić information content (AvgIpc) is 3.15. The van der Waals surface area contributed by atoms with Crippen LogP contribution in [0.3, 0.4) is 0 Å². The molecule has 0 aliphatic rings. The zero-order valence-electron chi connectivity index (χ0n) is 15.2. The SMILES string of the molecule is C[C@H](Sc1cccc(Cl)c1Cl)C(=O)Nc1ccc2oc(-c3ccncc3)nc2c1. The number of benzene rings is 2. The molecule has 2 heterocycles. The monoisotopic (exact) mass is 443 g/mol. The molecule has 1 amide bonds. The van der Waals surface area contributed by atoms with Crippen LogP contribution < -0.4 is 5.32 Å². The number of carbonyl (C=O) groups excluding carboxylic acids is 1. The third-order valence-electron chi connectivity index (χ3n) is 4.17. The Balaban J connectivity index is 1.49. The lowest BCUT2D eigenvalue weighted by atomic mass is 10.2. The number of carbonyl (C=O) groups is 1. The second-order valence-electron chi connectivity index (χ2n) is 6.24. The molecule has 2 aromatic carbocycles. The van der Waals surface area contributed by atoms with Crippen molar-refractivity contribution >= 4 is 57.7 Å². The van der Waals surface area contributed by atoms with Gasteiger partial charge >= 0.3 is 0 Å². The minimum Gasteiger partial charge on any atom is -0.436 e. The van der Waals surface area contributed by atoms with Crippen molar-refractivity contribution in [2.24, 2.45) is 0 Å². The maximum Gasteiger partial charge on any atom is 0.237 e. The summed E-state index contributed by atoms with van der Waals surface area (Å²) in [7, 11) is 0. The molecule has 0 aliphatic carbocycles. The van der Waals surface area contributed by atoms with Crippen molar-refractivity contribution in [1.29, 1.82) is 0 Å². The van der Waals surface area contributed by atoms with Crippen LogP contribution in [0.2, 0.25) is 10.0 Å². The Hall–Kier alpha value is -2.54. The highest BCUT2D eigenvalue weighted by molar-refractivity contribution is 8.00. The lowest BCUT2D eigenvalue weighted by Gasteiger charge is -2.13. The quantitative estimate of drug-likeness (QED) is 0.365. The van der Waals surface area contributed by atoms with Gasteiger partial charge in [-0.1, -0.05) is 29.3 Å². The van der Waals surface area contributed by atoms with E-state index >= 15 is 0 Å². The van der Waals surface area contributed by atoms with Gasteiger partial charge in [0.15, 0.2) is 5.58 Å². The predicted octanol–water partition coefficient (Wildman–Crippen LogP) is 6.32. The number of nitrogens with one attached hydrogen (secondary N) is 1. The highest BCUT2D eigenvalue weighted by Crippen LogP contribution is 2.35. The van der Waals surface area contributed by atoms with Crippen LogP contribution in [0.5, 0.6) is 0 Å². The molecule has 0 fully saturated rings. The maximum atomic E-state index is 12.6. The normalized spacial score (nSPS) is 12.1. The summed E-state index contributed by atoms with van der Waals surface area (Å²) in [4.78, 5) is 21.9. The smallest absolute Gasteiger partial charge is 0.237 e. The standard InChI is InChI=1S/C21H15Cl2N3O2S/c1-12(29-18-4-2-3-15(22)19(18)23)20(27)25-14-5-6-17-16(11-14)26-21(28-17)13-7-9-24-10-8-13/h2-12H,1H3,(H,25,27)/t12-/m0/s1. The van der Waals surface area contributed by atoms with Gasteiger partial charge in [-0.25, -0.2) is 4.98 Å². The zero-order valence-corrected chi connectivity index (χ0v) is 17.6. The van der Waals surface area contributed by atoms with Crippen molar-refractivity contribution in [2.45, 2.75) is 17.1 Å². The summed E-state index contributed by atoms with van der Waals surface area (Å²) in [6.45, 7) is 1.81. The predicted molar refractivity (Wildman–Crippen MR) is 118 cm³/mol. The van der Waals surface area contributed by atoms with Crippen molar-refractivity contribution in [3.05, 3.63) is 71.0 Å². The minimum absolute atomic E-state index is 0.150. The molecule has 1 atom stereocenters. The topological polar surface area (TPSA) is 68.0 Å². The molecular weight excluding hydrogens is 429 g/mol. The van der Waals surface area contributed by atoms with Crippen LogP contribution in [-0.2, 0) is 4.79 Å². The molecule has 2 aromatic heterocycles. The average molecular weight is 444 g/mol. The Labute approximate surface area is 181 Å². The number of hydrogen-bond donors (Lipinski definition) is 1. The molecule has 146 valence electrons. The van der Waals surface area contributed by atoms with E-state index in [1.165, 1.54) is 11.8 Å². The van der Waals surface area contributed by atoms with E-state index in [1.54, 1.807) is 42.7 Å². The van der Waals surface area contributed by atoms with Gasteiger partial charge in [0.2, 0.25) is 11.8 Å². The minimum atomic E-state index is -0.369. The highest BCUT2D eigenvalue weighted by atomic mass is 35.5. The summed E-state index contributed by atoms with van der Waals surface area (Å²) in [6, 6.07) is 14.4. The van der Waals surface area contributed by atoms with Crippen LogP contribution in [-0.4, -0.2) is 21.1 Å². The van der Waals surface area contributed by atoms with Crippen LogP contribution in [0.4, 0.5) is 5.69 Å². The molecule has 0 saturated heterocycles. The molecule has 8 heteroatoms. The number of halogens is 2. The maximum absolute atomic E-state index is 12.6. The number of nitrogens with zero attached hydrogens (tertiary/aromatic N) is 2. The Morgan fingerprint density at radius 3 is 2.72 bits per heavy atom. The van der Waals surface area contributed by atoms with Gasteiger partial charge in [0.25, 0.3) is 0 Å². The summed E-state index contributed by atoms with van der Waals surface area (Å²) in [6.07, 6.45) is 3.36. The van der Waals surface area contributed by atoms with Gasteiger partial charge in [-0.3, -0.25) is 9.78 Å². The van der Waals surface area contributed by atoms with Crippen LogP contribution in [0.25, 0.3) is 22.6 Å². The Bertz CT molecular complexity index is 1180. The van der Waals surface area contributed by atoms with Crippen molar-refractivity contribution < 1.29 is 9.21 Å². The number of rotatable bonds is 5. The van der Waals surface area contributed by atoms with E-state index in [4.69, 9.17) is 27.6 Å². The first kappa shape index (κ1) is 19.8. The van der Waals surface area contributed by atoms with Crippen molar-refractivity contribution in [3.63, 3.8) is 0 Å². The number of anilines is 1. The van der Waals surface area contributed by atoms with E-state index in [1.807, 2.05) is 25.1 Å². The van der Waals surface area contributed by atoms with E-state index in [0.29, 0.717) is 32.7 Å². The second-order valence-corrected chi connectivity index (χ2v) is 8.41. The van der Waals surface area contributed by atoms with E-state index < -0.39 is 0 Å². The fourth-order valence-corrected chi connectivity index (χ4v) is 4.09. The number of thioether (sulfide) groups is 1.